The lowest BCUT2D eigenvalue weighted by molar-refractivity contribution is 0.135. The third kappa shape index (κ3) is 13.2. The highest BCUT2D eigenvalue weighted by Crippen LogP contribution is 2.17. The van der Waals surface area contributed by atoms with Gasteiger partial charge in [-0.25, -0.2) is 0 Å². The standard InChI is InChI=1S/C12H26O5Si2.4CH4/c1-18(2,9-13-5-11-7-15-11)17-19(3,4)10-14-6-12-8-16-12;;;;/h11-12H,5-10H2,1-4H3;4*1H4. The molecule has 0 radical (unpaired) electrons. The Morgan fingerprint density at radius 2 is 1.04 bits per heavy atom. The summed E-state index contributed by atoms with van der Waals surface area (Å²) in [6.45, 7) is 11.9. The van der Waals surface area contributed by atoms with Gasteiger partial charge in [0.1, 0.15) is 12.2 Å². The molecule has 144 valence electrons. The molecule has 0 N–H and O–H groups in total. The molecule has 0 aromatic heterocycles. The van der Waals surface area contributed by atoms with E-state index in [0.29, 0.717) is 25.4 Å². The van der Waals surface area contributed by atoms with Gasteiger partial charge in [0.2, 0.25) is 0 Å². The van der Waals surface area contributed by atoms with Gasteiger partial charge in [-0.2, -0.15) is 0 Å². The SMILES string of the molecule is C.C.C.C.C[Si](C)(COCC1CO1)O[Si](C)(C)COCC1CO1. The zero-order chi connectivity index (χ0) is 13.9. The third-order valence-corrected chi connectivity index (χ3v) is 9.08. The number of hydrogen-bond donors (Lipinski definition) is 0. The molecule has 0 spiro atoms. The van der Waals surface area contributed by atoms with Gasteiger partial charge in [-0.05, 0) is 26.2 Å². The maximum absolute atomic E-state index is 6.38. The average molecular weight is 371 g/mol. The number of rotatable bonds is 10. The summed E-state index contributed by atoms with van der Waals surface area (Å²) in [4.78, 5) is 0. The highest BCUT2D eigenvalue weighted by atomic mass is 28.4. The van der Waals surface area contributed by atoms with Gasteiger partial charge in [0.15, 0.2) is 16.6 Å². The fourth-order valence-electron chi connectivity index (χ4n) is 2.01. The van der Waals surface area contributed by atoms with Gasteiger partial charge >= 0.3 is 0 Å². The Morgan fingerprint density at radius 1 is 0.739 bits per heavy atom. The molecule has 5 nitrogen and oxygen atoms in total. The molecule has 2 aliphatic heterocycles. The van der Waals surface area contributed by atoms with E-state index < -0.39 is 16.6 Å². The van der Waals surface area contributed by atoms with Crippen LogP contribution >= 0.6 is 0 Å². The van der Waals surface area contributed by atoms with Gasteiger partial charge in [-0.3, -0.25) is 0 Å². The van der Waals surface area contributed by atoms with E-state index in [0.717, 1.165) is 25.7 Å². The van der Waals surface area contributed by atoms with Crippen molar-refractivity contribution < 1.29 is 23.1 Å². The van der Waals surface area contributed by atoms with E-state index in [2.05, 4.69) is 26.2 Å². The first-order valence-corrected chi connectivity index (χ1v) is 13.2. The molecule has 0 saturated carbocycles. The maximum atomic E-state index is 6.38. The molecule has 2 unspecified atom stereocenters. The quantitative estimate of drug-likeness (QED) is 0.431. The van der Waals surface area contributed by atoms with Gasteiger partial charge in [-0.15, -0.1) is 0 Å². The molecule has 7 heteroatoms. The zero-order valence-electron chi connectivity index (χ0n) is 12.4. The van der Waals surface area contributed by atoms with Gasteiger partial charge < -0.3 is 23.1 Å². The predicted molar refractivity (Wildman–Crippen MR) is 104 cm³/mol. The van der Waals surface area contributed by atoms with Crippen molar-refractivity contribution in [2.75, 3.05) is 38.9 Å². The largest absolute Gasteiger partial charge is 0.453 e. The minimum atomic E-state index is -1.77. The third-order valence-electron chi connectivity index (χ3n) is 2.86. The van der Waals surface area contributed by atoms with Crippen molar-refractivity contribution in [3.8, 4) is 0 Å². The summed E-state index contributed by atoms with van der Waals surface area (Å²) in [7, 11) is -3.53. The van der Waals surface area contributed by atoms with Crippen molar-refractivity contribution in [2.45, 2.75) is 68.1 Å². The number of hydrogen-bond acceptors (Lipinski definition) is 5. The second-order valence-electron chi connectivity index (χ2n) is 6.56. The Labute approximate surface area is 147 Å². The van der Waals surface area contributed by atoms with Gasteiger partial charge in [0.25, 0.3) is 0 Å². The van der Waals surface area contributed by atoms with E-state index in [-0.39, 0.29) is 29.7 Å². The summed E-state index contributed by atoms with van der Waals surface area (Å²) in [5, 5.41) is 0. The molecule has 23 heavy (non-hydrogen) atoms. The molecule has 0 bridgehead atoms. The molecular formula is C16H42O5Si2. The van der Waals surface area contributed by atoms with Gasteiger partial charge in [-0.1, -0.05) is 29.7 Å². The summed E-state index contributed by atoms with van der Waals surface area (Å²) < 4.78 is 28.0. The molecular weight excluding hydrogens is 328 g/mol. The Hall–Kier alpha value is 0.234. The van der Waals surface area contributed by atoms with E-state index >= 15 is 0 Å². The first-order valence-electron chi connectivity index (χ1n) is 6.95. The normalized spacial score (nSPS) is 21.9. The summed E-state index contributed by atoms with van der Waals surface area (Å²) in [6, 6.07) is 0. The molecule has 2 saturated heterocycles. The summed E-state index contributed by atoms with van der Waals surface area (Å²) in [5.41, 5.74) is 0. The lowest BCUT2D eigenvalue weighted by Crippen LogP contribution is -2.50. The Kier molecular flexibility index (Phi) is 14.3. The minimum Gasteiger partial charge on any atom is -0.453 e. The highest BCUT2D eigenvalue weighted by molar-refractivity contribution is 6.84. The average Bonchev–Trinajstić information content (AvgIpc) is 3.09. The molecule has 0 aliphatic carbocycles. The van der Waals surface area contributed by atoms with Crippen LogP contribution in [-0.2, 0) is 23.1 Å². The summed E-state index contributed by atoms with van der Waals surface area (Å²) in [6.07, 6.45) is 2.12. The number of epoxide rings is 2. The van der Waals surface area contributed by atoms with Crippen LogP contribution in [0.2, 0.25) is 26.2 Å². The lowest BCUT2D eigenvalue weighted by atomic mass is 10.5. The molecule has 2 heterocycles. The first kappa shape index (κ1) is 28.1. The van der Waals surface area contributed by atoms with Crippen LogP contribution in [0.1, 0.15) is 29.7 Å². The van der Waals surface area contributed by atoms with Crippen molar-refractivity contribution in [2.24, 2.45) is 0 Å². The molecule has 0 aromatic rings. The Morgan fingerprint density at radius 3 is 1.30 bits per heavy atom. The van der Waals surface area contributed by atoms with E-state index in [1.807, 2.05) is 0 Å². The predicted octanol–water partition coefficient (Wildman–Crippen LogP) is 3.87. The molecule has 0 aromatic carbocycles. The fourth-order valence-corrected chi connectivity index (χ4v) is 9.68. The van der Waals surface area contributed by atoms with Crippen LogP contribution in [0.25, 0.3) is 0 Å². The van der Waals surface area contributed by atoms with Crippen LogP contribution < -0.4 is 0 Å². The van der Waals surface area contributed by atoms with Crippen LogP contribution in [0.5, 0.6) is 0 Å². The topological polar surface area (TPSA) is 52.8 Å². The van der Waals surface area contributed by atoms with Crippen LogP contribution in [0.3, 0.4) is 0 Å². The zero-order valence-corrected chi connectivity index (χ0v) is 14.4. The smallest absolute Gasteiger partial charge is 0.199 e. The molecule has 0 amide bonds. The number of ether oxygens (including phenoxy) is 4. The van der Waals surface area contributed by atoms with Crippen molar-refractivity contribution in [1.82, 2.24) is 0 Å². The molecule has 2 rings (SSSR count). The minimum absolute atomic E-state index is 0. The van der Waals surface area contributed by atoms with Gasteiger partial charge in [0.05, 0.1) is 38.9 Å². The highest BCUT2D eigenvalue weighted by Gasteiger charge is 2.35. The fraction of sp³-hybridized carbons (Fsp3) is 1.00. The van der Waals surface area contributed by atoms with Crippen LogP contribution in [0.15, 0.2) is 0 Å². The van der Waals surface area contributed by atoms with Crippen LogP contribution in [0, 0.1) is 0 Å². The van der Waals surface area contributed by atoms with E-state index in [1.54, 1.807) is 0 Å². The van der Waals surface area contributed by atoms with Crippen molar-refractivity contribution in [1.29, 1.82) is 0 Å². The molecule has 2 fully saturated rings. The van der Waals surface area contributed by atoms with Crippen LogP contribution in [-0.4, -0.2) is 67.7 Å². The second kappa shape index (κ2) is 11.7. The monoisotopic (exact) mass is 370 g/mol. The van der Waals surface area contributed by atoms with Crippen LogP contribution in [0.4, 0.5) is 0 Å². The van der Waals surface area contributed by atoms with Crippen molar-refractivity contribution >= 4 is 16.6 Å². The van der Waals surface area contributed by atoms with E-state index in [9.17, 15) is 0 Å². The molecule has 2 aliphatic rings. The summed E-state index contributed by atoms with van der Waals surface area (Å²) >= 11 is 0. The second-order valence-corrected chi connectivity index (χ2v) is 15.0. The summed E-state index contributed by atoms with van der Waals surface area (Å²) in [5.74, 6) is 0. The van der Waals surface area contributed by atoms with Gasteiger partial charge in [0, 0.05) is 0 Å². The Bertz CT molecular complexity index is 264. The van der Waals surface area contributed by atoms with Crippen molar-refractivity contribution in [3.05, 3.63) is 0 Å². The first-order chi connectivity index (χ1) is 8.86. The molecule has 2 atom stereocenters. The Balaban J connectivity index is -0.000001000. The maximum Gasteiger partial charge on any atom is 0.199 e. The van der Waals surface area contributed by atoms with E-state index in [1.165, 1.54) is 0 Å². The lowest BCUT2D eigenvalue weighted by Gasteiger charge is -2.33. The van der Waals surface area contributed by atoms with Crippen molar-refractivity contribution in [3.63, 3.8) is 0 Å². The van der Waals surface area contributed by atoms with E-state index in [4.69, 9.17) is 23.1 Å².